The number of aliphatic imine (C=N–C) groups is 2. The van der Waals surface area contributed by atoms with Crippen molar-refractivity contribution >= 4 is 29.4 Å². The van der Waals surface area contributed by atoms with Gasteiger partial charge in [0.2, 0.25) is 0 Å². The average molecular weight is 315 g/mol. The molecule has 110 valence electrons. The van der Waals surface area contributed by atoms with Crippen LogP contribution in [0.4, 0.5) is 4.39 Å². The van der Waals surface area contributed by atoms with Gasteiger partial charge >= 0.3 is 0 Å². The van der Waals surface area contributed by atoms with Crippen LogP contribution >= 0.6 is 11.6 Å². The van der Waals surface area contributed by atoms with Crippen molar-refractivity contribution in [3.05, 3.63) is 71.5 Å². The van der Waals surface area contributed by atoms with E-state index in [1.54, 1.807) is 18.2 Å². The maximum Gasteiger partial charge on any atom is 0.185 e. The Bertz CT molecular complexity index is 773. The molecule has 1 unspecified atom stereocenters. The number of carbonyl (C=O) groups excluding carboxylic acids is 1. The Balaban J connectivity index is 1.98. The maximum atomic E-state index is 13.8. The lowest BCUT2D eigenvalue weighted by Gasteiger charge is -2.18. The molecule has 0 amide bonds. The predicted molar refractivity (Wildman–Crippen MR) is 85.2 cm³/mol. The van der Waals surface area contributed by atoms with E-state index in [1.807, 2.05) is 30.3 Å². The number of amidine groups is 1. The normalized spacial score (nSPS) is 20.5. The molecule has 0 bridgehead atoms. The second kappa shape index (κ2) is 5.81. The van der Waals surface area contributed by atoms with Gasteiger partial charge in [-0.3, -0.25) is 4.79 Å². The molecule has 0 saturated carbocycles. The molecule has 2 aromatic rings. The van der Waals surface area contributed by atoms with E-state index in [4.69, 9.17) is 11.6 Å². The third-order valence-electron chi connectivity index (χ3n) is 3.43. The van der Waals surface area contributed by atoms with Crippen LogP contribution in [0.5, 0.6) is 0 Å². The van der Waals surface area contributed by atoms with Gasteiger partial charge in [-0.25, -0.2) is 14.4 Å². The van der Waals surface area contributed by atoms with E-state index in [-0.39, 0.29) is 17.9 Å². The average Bonchev–Trinajstić information content (AvgIpc) is 2.87. The molecule has 0 spiro atoms. The van der Waals surface area contributed by atoms with Gasteiger partial charge < -0.3 is 0 Å². The van der Waals surface area contributed by atoms with E-state index in [0.717, 1.165) is 5.56 Å². The molecule has 1 heterocycles. The number of aldehydes is 1. The summed E-state index contributed by atoms with van der Waals surface area (Å²) in [4.78, 5) is 18.5. The van der Waals surface area contributed by atoms with Gasteiger partial charge in [-0.2, -0.15) is 0 Å². The Kier molecular flexibility index (Phi) is 3.86. The molecule has 1 aliphatic rings. The standard InChI is InChI=1S/C17H12ClFN2O/c18-17(10-13-8-4-5-9-14(13)19)15(11-22)20-16(21-17)12-6-2-1-3-7-12/h1-9,11H,10H2. The van der Waals surface area contributed by atoms with Gasteiger partial charge in [-0.15, -0.1) is 0 Å². The van der Waals surface area contributed by atoms with Crippen molar-refractivity contribution in [3.8, 4) is 0 Å². The minimum absolute atomic E-state index is 0.0646. The minimum atomic E-state index is -1.37. The van der Waals surface area contributed by atoms with Crippen LogP contribution in [-0.2, 0) is 11.2 Å². The molecule has 0 saturated heterocycles. The summed E-state index contributed by atoms with van der Waals surface area (Å²) in [7, 11) is 0. The van der Waals surface area contributed by atoms with E-state index in [2.05, 4.69) is 9.98 Å². The van der Waals surface area contributed by atoms with E-state index in [9.17, 15) is 9.18 Å². The van der Waals surface area contributed by atoms with Crippen molar-refractivity contribution in [1.82, 2.24) is 0 Å². The van der Waals surface area contributed by atoms with Crippen LogP contribution in [-0.4, -0.2) is 22.8 Å². The number of halogens is 2. The van der Waals surface area contributed by atoms with Gasteiger partial charge in [-0.05, 0) is 11.6 Å². The molecule has 0 fully saturated rings. The first-order chi connectivity index (χ1) is 10.6. The van der Waals surface area contributed by atoms with E-state index >= 15 is 0 Å². The van der Waals surface area contributed by atoms with Gasteiger partial charge in [0.25, 0.3) is 0 Å². The zero-order valence-corrected chi connectivity index (χ0v) is 12.3. The lowest BCUT2D eigenvalue weighted by Crippen LogP contribution is -2.31. The fraction of sp³-hybridized carbons (Fsp3) is 0.118. The number of hydrogen-bond acceptors (Lipinski definition) is 3. The third kappa shape index (κ3) is 2.70. The van der Waals surface area contributed by atoms with Gasteiger partial charge in [0, 0.05) is 12.0 Å². The first-order valence-corrected chi connectivity index (χ1v) is 7.12. The molecule has 2 aromatic carbocycles. The molecule has 5 heteroatoms. The predicted octanol–water partition coefficient (Wildman–Crippen LogP) is 3.40. The number of nitrogens with zero attached hydrogens (tertiary/aromatic N) is 2. The molecule has 1 aliphatic heterocycles. The number of benzene rings is 2. The SMILES string of the molecule is O=CC1=NC(c2ccccc2)=NC1(Cl)Cc1ccccc1F. The highest BCUT2D eigenvalue weighted by Crippen LogP contribution is 2.31. The highest BCUT2D eigenvalue weighted by molar-refractivity contribution is 6.51. The van der Waals surface area contributed by atoms with Crippen molar-refractivity contribution < 1.29 is 9.18 Å². The van der Waals surface area contributed by atoms with Crippen LogP contribution in [0.2, 0.25) is 0 Å². The molecule has 0 N–H and O–H groups in total. The zero-order chi connectivity index (χ0) is 15.6. The van der Waals surface area contributed by atoms with E-state index in [0.29, 0.717) is 17.7 Å². The van der Waals surface area contributed by atoms with E-state index in [1.165, 1.54) is 6.07 Å². The largest absolute Gasteiger partial charge is 0.296 e. The highest BCUT2D eigenvalue weighted by atomic mass is 35.5. The lowest BCUT2D eigenvalue weighted by molar-refractivity contribution is -0.102. The second-order valence-electron chi connectivity index (χ2n) is 4.94. The Morgan fingerprint density at radius 3 is 2.45 bits per heavy atom. The van der Waals surface area contributed by atoms with Gasteiger partial charge in [0.1, 0.15) is 11.5 Å². The molecule has 0 aliphatic carbocycles. The van der Waals surface area contributed by atoms with Crippen LogP contribution < -0.4 is 0 Å². The fourth-order valence-corrected chi connectivity index (χ4v) is 2.62. The monoisotopic (exact) mass is 314 g/mol. The fourth-order valence-electron chi connectivity index (χ4n) is 2.31. The van der Waals surface area contributed by atoms with E-state index < -0.39 is 5.00 Å². The van der Waals surface area contributed by atoms with Gasteiger partial charge in [-0.1, -0.05) is 60.1 Å². The van der Waals surface area contributed by atoms with Crippen LogP contribution in [0.1, 0.15) is 11.1 Å². The Morgan fingerprint density at radius 2 is 1.77 bits per heavy atom. The smallest absolute Gasteiger partial charge is 0.185 e. The molecule has 1 atom stereocenters. The third-order valence-corrected chi connectivity index (χ3v) is 3.84. The quantitative estimate of drug-likeness (QED) is 0.484. The van der Waals surface area contributed by atoms with Gasteiger partial charge in [0.05, 0.1) is 0 Å². The summed E-state index contributed by atoms with van der Waals surface area (Å²) in [6, 6.07) is 15.5. The van der Waals surface area contributed by atoms with Crippen molar-refractivity contribution in [2.24, 2.45) is 9.98 Å². The second-order valence-corrected chi connectivity index (χ2v) is 5.57. The van der Waals surface area contributed by atoms with Crippen LogP contribution in [0.25, 0.3) is 0 Å². The van der Waals surface area contributed by atoms with Crippen molar-refractivity contribution in [3.63, 3.8) is 0 Å². The summed E-state index contributed by atoms with van der Waals surface area (Å²) < 4.78 is 13.8. The Morgan fingerprint density at radius 1 is 1.09 bits per heavy atom. The summed E-state index contributed by atoms with van der Waals surface area (Å²) in [6.07, 6.45) is 0.641. The molecule has 3 nitrogen and oxygen atoms in total. The number of hydrogen-bond donors (Lipinski definition) is 0. The van der Waals surface area contributed by atoms with Crippen LogP contribution in [0.15, 0.2) is 64.6 Å². The zero-order valence-electron chi connectivity index (χ0n) is 11.5. The number of alkyl halides is 1. The molecule has 0 radical (unpaired) electrons. The lowest BCUT2D eigenvalue weighted by atomic mass is 10.0. The highest BCUT2D eigenvalue weighted by Gasteiger charge is 2.39. The molecule has 22 heavy (non-hydrogen) atoms. The van der Waals surface area contributed by atoms with Crippen LogP contribution in [0, 0.1) is 5.82 Å². The Labute approximate surface area is 132 Å². The number of rotatable bonds is 4. The first-order valence-electron chi connectivity index (χ1n) is 6.74. The minimum Gasteiger partial charge on any atom is -0.296 e. The van der Waals surface area contributed by atoms with Crippen molar-refractivity contribution in [2.75, 3.05) is 0 Å². The summed E-state index contributed by atoms with van der Waals surface area (Å²) in [5, 5.41) is 0. The maximum absolute atomic E-state index is 13.8. The first kappa shape index (κ1) is 14.6. The molecule has 3 rings (SSSR count). The molecule has 0 aromatic heterocycles. The summed E-state index contributed by atoms with van der Waals surface area (Å²) >= 11 is 6.47. The topological polar surface area (TPSA) is 41.8 Å². The van der Waals surface area contributed by atoms with Crippen molar-refractivity contribution in [1.29, 1.82) is 0 Å². The van der Waals surface area contributed by atoms with Crippen molar-refractivity contribution in [2.45, 2.75) is 11.4 Å². The molecular weight excluding hydrogens is 303 g/mol. The molecular formula is C17H12ClFN2O. The summed E-state index contributed by atoms with van der Waals surface area (Å²) in [5.74, 6) is 0.00479. The summed E-state index contributed by atoms with van der Waals surface area (Å²) in [6.45, 7) is 0. The van der Waals surface area contributed by atoms with Gasteiger partial charge in [0.15, 0.2) is 17.1 Å². The Hall–Kier alpha value is -2.33. The summed E-state index contributed by atoms with van der Waals surface area (Å²) in [5.41, 5.74) is 1.25. The number of carbonyl (C=O) groups is 1. The van der Waals surface area contributed by atoms with Crippen LogP contribution in [0.3, 0.4) is 0 Å².